The van der Waals surface area contributed by atoms with Gasteiger partial charge in [-0.3, -0.25) is 0 Å². The van der Waals surface area contributed by atoms with Crippen molar-refractivity contribution >= 4 is 5.92 Å². The second-order valence-electron chi connectivity index (χ2n) is 6.43. The molecule has 3 rings (SSSR count). The van der Waals surface area contributed by atoms with Crippen molar-refractivity contribution in [1.29, 1.82) is 0 Å². The molecule has 1 heterocycles. The molecular weight excluding hydrogens is 394 g/mol. The molecule has 0 spiro atoms. The van der Waals surface area contributed by atoms with E-state index >= 15 is 0 Å². The second kappa shape index (κ2) is 7.95. The van der Waals surface area contributed by atoms with Crippen LogP contribution in [0, 0.1) is 5.92 Å². The molecule has 2 aliphatic carbocycles. The number of hydrogen-bond acceptors (Lipinski definition) is 0. The summed E-state index contributed by atoms with van der Waals surface area (Å²) in [6, 6.07) is 3.32. The molecule has 1 unspecified atom stereocenters. The second-order valence-corrected chi connectivity index (χ2v) is 23.4. The fourth-order valence-corrected chi connectivity index (χ4v) is 30.1. The van der Waals surface area contributed by atoms with Crippen molar-refractivity contribution in [2.24, 2.45) is 5.92 Å². The summed E-state index contributed by atoms with van der Waals surface area (Å²) in [4.78, 5) is 0. The van der Waals surface area contributed by atoms with Gasteiger partial charge in [-0.25, -0.2) is 0 Å². The molecule has 0 amide bonds. The molecule has 1 fully saturated rings. The van der Waals surface area contributed by atoms with Crippen molar-refractivity contribution in [2.45, 2.75) is 52.6 Å². The molecule has 0 aromatic heterocycles. The van der Waals surface area contributed by atoms with E-state index in [2.05, 4.69) is 45.9 Å². The van der Waals surface area contributed by atoms with Crippen LogP contribution in [0.1, 0.15) is 40.5 Å². The SMILES string of the molecule is CC1=C(C)C(C)[C]([Zr+2]([C]2=CC=CC2)[SiH]2CCC2)=C1C.[Cl-].[Cl-]. The third kappa shape index (κ3) is 3.44. The Morgan fingerprint density at radius 2 is 1.76 bits per heavy atom. The standard InChI is InChI=1S/C9H13.C5H5.C3H7Si.2ClH.Zr/c1-6-5-7(2)9(4)8(6)3;1-2-4-5-3-1;1-2-4-3-1;;;/h6H,1-4H3;1-3H,4H2;4H,1-3H2;2*1H;/q;;;;;+2/p-2. The first kappa shape index (κ1) is 19.7. The van der Waals surface area contributed by atoms with Crippen LogP contribution >= 0.6 is 0 Å². The quantitative estimate of drug-likeness (QED) is 0.507. The van der Waals surface area contributed by atoms with Gasteiger partial charge in [-0.15, -0.1) is 0 Å². The van der Waals surface area contributed by atoms with Gasteiger partial charge in [0.25, 0.3) is 0 Å². The Morgan fingerprint density at radius 3 is 2.14 bits per heavy atom. The summed E-state index contributed by atoms with van der Waals surface area (Å²) in [5.41, 5.74) is 5.01. The molecule has 0 N–H and O–H groups in total. The topological polar surface area (TPSA) is 0 Å². The Kier molecular flexibility index (Phi) is 7.46. The molecule has 1 saturated heterocycles. The number of allylic oxidation sites excluding steroid dienone is 8. The molecule has 0 saturated carbocycles. The summed E-state index contributed by atoms with van der Waals surface area (Å²) in [6.45, 7) is 9.65. The summed E-state index contributed by atoms with van der Waals surface area (Å²) in [5.74, 6) is 0.432. The minimum absolute atomic E-state index is 0. The van der Waals surface area contributed by atoms with E-state index in [1.165, 1.54) is 6.42 Å². The van der Waals surface area contributed by atoms with E-state index in [1.54, 1.807) is 35.2 Å². The molecule has 0 nitrogen and oxygen atoms in total. The largest absolute Gasteiger partial charge is 1.00 e. The molecule has 1 aliphatic heterocycles. The van der Waals surface area contributed by atoms with Crippen LogP contribution < -0.4 is 24.8 Å². The van der Waals surface area contributed by atoms with Crippen LogP contribution in [-0.4, -0.2) is 5.92 Å². The summed E-state index contributed by atoms with van der Waals surface area (Å²) < 4.78 is 3.94. The van der Waals surface area contributed by atoms with E-state index < -0.39 is 20.9 Å². The van der Waals surface area contributed by atoms with E-state index in [1.807, 2.05) is 6.56 Å². The maximum atomic E-state index is 2.51. The molecule has 0 aromatic carbocycles. The van der Waals surface area contributed by atoms with Crippen LogP contribution in [0.3, 0.4) is 0 Å². The van der Waals surface area contributed by atoms with Crippen LogP contribution in [0.4, 0.5) is 0 Å². The maximum absolute atomic E-state index is 2.51. The molecule has 21 heavy (non-hydrogen) atoms. The van der Waals surface area contributed by atoms with E-state index in [0.29, 0.717) is 0 Å². The van der Waals surface area contributed by atoms with E-state index in [-0.39, 0.29) is 30.7 Å². The van der Waals surface area contributed by atoms with Gasteiger partial charge in [0.1, 0.15) is 0 Å². The van der Waals surface area contributed by atoms with Gasteiger partial charge >= 0.3 is 127 Å². The van der Waals surface area contributed by atoms with E-state index in [4.69, 9.17) is 0 Å². The summed E-state index contributed by atoms with van der Waals surface area (Å²) >= 11 is -1.44. The van der Waals surface area contributed by atoms with Crippen molar-refractivity contribution in [1.82, 2.24) is 0 Å². The molecule has 115 valence electrons. The molecule has 4 heteroatoms. The van der Waals surface area contributed by atoms with Crippen LogP contribution in [-0.2, 0) is 20.9 Å². The fraction of sp³-hybridized carbons (Fsp3) is 0.529. The average Bonchev–Trinajstić information content (AvgIpc) is 2.91. The van der Waals surface area contributed by atoms with Crippen molar-refractivity contribution < 1.29 is 45.7 Å². The Bertz CT molecular complexity index is 527. The molecule has 0 radical (unpaired) electrons. The van der Waals surface area contributed by atoms with Crippen molar-refractivity contribution in [3.63, 3.8) is 0 Å². The molecule has 1 atom stereocenters. The Balaban J connectivity index is 0.00000110. The Morgan fingerprint density at radius 1 is 1.10 bits per heavy atom. The van der Waals surface area contributed by atoms with Crippen LogP contribution in [0.5, 0.6) is 0 Å². The Hall–Kier alpha value is 0.640. The van der Waals surface area contributed by atoms with Crippen LogP contribution in [0.15, 0.2) is 41.5 Å². The number of halogens is 2. The van der Waals surface area contributed by atoms with Gasteiger partial charge in [-0.05, 0) is 0 Å². The molecule has 0 aromatic rings. The van der Waals surface area contributed by atoms with Gasteiger partial charge in [0.2, 0.25) is 0 Å². The number of rotatable bonds is 3. The predicted octanol–water partition coefficient (Wildman–Crippen LogP) is -1.16. The van der Waals surface area contributed by atoms with Gasteiger partial charge in [0, 0.05) is 0 Å². The van der Waals surface area contributed by atoms with Crippen molar-refractivity contribution in [3.05, 3.63) is 41.5 Å². The molecular formula is C17H25Cl2SiZr. The fourth-order valence-electron chi connectivity index (χ4n) is 3.80. The molecule has 3 aliphatic rings. The van der Waals surface area contributed by atoms with Gasteiger partial charge in [-0.1, -0.05) is 0 Å². The zero-order chi connectivity index (χ0) is 13.6. The van der Waals surface area contributed by atoms with Crippen LogP contribution in [0.25, 0.3) is 0 Å². The summed E-state index contributed by atoms with van der Waals surface area (Å²) in [7, 11) is 0. The molecule has 0 bridgehead atoms. The van der Waals surface area contributed by atoms with E-state index in [0.717, 1.165) is 5.92 Å². The first-order valence-corrected chi connectivity index (χ1v) is 16.7. The van der Waals surface area contributed by atoms with Gasteiger partial charge < -0.3 is 24.8 Å². The third-order valence-corrected chi connectivity index (χ3v) is 28.9. The third-order valence-electron chi connectivity index (χ3n) is 5.56. The van der Waals surface area contributed by atoms with E-state index in [9.17, 15) is 0 Å². The van der Waals surface area contributed by atoms with Crippen molar-refractivity contribution in [2.75, 3.05) is 0 Å². The minimum atomic E-state index is -1.44. The van der Waals surface area contributed by atoms with Gasteiger partial charge in [0.05, 0.1) is 0 Å². The van der Waals surface area contributed by atoms with Crippen LogP contribution in [0.2, 0.25) is 12.1 Å². The first-order valence-electron chi connectivity index (χ1n) is 7.73. The Labute approximate surface area is 150 Å². The summed E-state index contributed by atoms with van der Waals surface area (Å²) in [6.07, 6.45) is 10.1. The minimum Gasteiger partial charge on any atom is -1.00 e. The average molecular weight is 420 g/mol. The summed E-state index contributed by atoms with van der Waals surface area (Å²) in [5, 5.41) is 0. The normalized spacial score (nSPS) is 24.6. The van der Waals surface area contributed by atoms with Gasteiger partial charge in [0.15, 0.2) is 0 Å². The monoisotopic (exact) mass is 417 g/mol. The van der Waals surface area contributed by atoms with Gasteiger partial charge in [-0.2, -0.15) is 0 Å². The number of hydrogen-bond donors (Lipinski definition) is 0. The zero-order valence-corrected chi connectivity index (χ0v) is 18.6. The zero-order valence-electron chi connectivity index (χ0n) is 13.5. The van der Waals surface area contributed by atoms with Crippen molar-refractivity contribution in [3.8, 4) is 0 Å². The predicted molar refractivity (Wildman–Crippen MR) is 83.5 cm³/mol. The smallest absolute Gasteiger partial charge is 1.00 e. The first-order chi connectivity index (χ1) is 9.11. The maximum Gasteiger partial charge on any atom is -1.00 e.